The van der Waals surface area contributed by atoms with E-state index in [0.717, 1.165) is 71.2 Å². The lowest BCUT2D eigenvalue weighted by Gasteiger charge is -2.27. The highest BCUT2D eigenvalue weighted by atomic mass is 28.4. The maximum Gasteiger partial charge on any atom is 0.529 e. The van der Waals surface area contributed by atoms with Gasteiger partial charge in [-0.3, -0.25) is 0 Å². The Labute approximate surface area is 133 Å². The summed E-state index contributed by atoms with van der Waals surface area (Å²) in [6, 6.07) is 0. The first-order valence-corrected chi connectivity index (χ1v) is 10.6. The minimum atomic E-state index is -2.63. The molecule has 0 rings (SSSR count). The highest BCUT2D eigenvalue weighted by Gasteiger charge is 2.38. The van der Waals surface area contributed by atoms with Gasteiger partial charge in [0.15, 0.2) is 0 Å². The van der Waals surface area contributed by atoms with Crippen LogP contribution in [0.4, 0.5) is 0 Å². The number of unbranched alkanes of at least 4 members (excludes halogenated alkanes) is 4. The molecule has 0 spiro atoms. The molecule has 0 fully saturated rings. The van der Waals surface area contributed by atoms with E-state index in [1.165, 1.54) is 0 Å². The molecule has 0 unspecified atom stereocenters. The van der Waals surface area contributed by atoms with Crippen LogP contribution in [0.1, 0.15) is 79.1 Å². The van der Waals surface area contributed by atoms with E-state index in [1.54, 1.807) is 0 Å². The lowest BCUT2D eigenvalue weighted by atomic mass is 10.3. The zero-order chi connectivity index (χ0) is 15.8. The zero-order valence-corrected chi connectivity index (χ0v) is 15.7. The first kappa shape index (κ1) is 20.8. The van der Waals surface area contributed by atoms with Crippen LogP contribution >= 0.6 is 0 Å². The highest BCUT2D eigenvalue weighted by Crippen LogP contribution is 2.15. The third-order valence-electron chi connectivity index (χ3n) is 3.18. The molecule has 0 amide bonds. The first-order valence-electron chi connectivity index (χ1n) is 8.84. The van der Waals surface area contributed by atoms with Crippen molar-refractivity contribution in [2.24, 2.45) is 0 Å². The van der Waals surface area contributed by atoms with Gasteiger partial charge in [-0.15, -0.1) is 0 Å². The summed E-state index contributed by atoms with van der Waals surface area (Å²) in [6.45, 7) is 10.9. The van der Waals surface area contributed by atoms with Crippen molar-refractivity contribution in [1.29, 1.82) is 0 Å². The van der Waals surface area contributed by atoms with Gasteiger partial charge in [-0.1, -0.05) is 59.5 Å². The summed E-state index contributed by atoms with van der Waals surface area (Å²) in [7, 11) is -2.63. The molecular formula is C17H36O3Si. The summed E-state index contributed by atoms with van der Waals surface area (Å²) in [5.41, 5.74) is 2.11. The molecule has 126 valence electrons. The maximum absolute atomic E-state index is 6.12. The van der Waals surface area contributed by atoms with E-state index in [1.807, 2.05) is 0 Å². The minimum Gasteiger partial charge on any atom is -0.370 e. The summed E-state index contributed by atoms with van der Waals surface area (Å²) in [5.74, 6) is 0. The molecule has 0 aromatic carbocycles. The van der Waals surface area contributed by atoms with Gasteiger partial charge in [-0.05, 0) is 31.4 Å². The lowest BCUT2D eigenvalue weighted by Crippen LogP contribution is -2.45. The molecule has 21 heavy (non-hydrogen) atoms. The lowest BCUT2D eigenvalue weighted by molar-refractivity contribution is 0.0684. The first-order chi connectivity index (χ1) is 10.2. The molecule has 0 radical (unpaired) electrons. The summed E-state index contributed by atoms with van der Waals surface area (Å²) in [6.07, 6.45) is 10.9. The third kappa shape index (κ3) is 11.1. The Hall–Kier alpha value is -0.163. The third-order valence-corrected chi connectivity index (χ3v) is 5.64. The standard InChI is InChI=1S/C17H36O3Si/c1-5-9-13-17-21(18-14-10-6-2,19-15-11-7-3)20-16-12-8-4/h13,17H,5-12,14-16H2,1-4H3/b17-13+. The van der Waals surface area contributed by atoms with E-state index in [-0.39, 0.29) is 0 Å². The van der Waals surface area contributed by atoms with Crippen molar-refractivity contribution in [1.82, 2.24) is 0 Å². The topological polar surface area (TPSA) is 27.7 Å². The monoisotopic (exact) mass is 316 g/mol. The van der Waals surface area contributed by atoms with Crippen molar-refractivity contribution in [3.05, 3.63) is 11.8 Å². The van der Waals surface area contributed by atoms with E-state index in [2.05, 4.69) is 39.5 Å². The predicted molar refractivity (Wildman–Crippen MR) is 92.4 cm³/mol. The van der Waals surface area contributed by atoms with Crippen LogP contribution in [0.5, 0.6) is 0 Å². The fourth-order valence-electron chi connectivity index (χ4n) is 1.74. The van der Waals surface area contributed by atoms with E-state index in [0.29, 0.717) is 0 Å². The largest absolute Gasteiger partial charge is 0.529 e. The second-order valence-corrected chi connectivity index (χ2v) is 7.81. The zero-order valence-electron chi connectivity index (χ0n) is 14.7. The quantitative estimate of drug-likeness (QED) is 0.304. The Morgan fingerprint density at radius 1 is 0.667 bits per heavy atom. The summed E-state index contributed by atoms with van der Waals surface area (Å²) in [5, 5.41) is 0. The van der Waals surface area contributed by atoms with Gasteiger partial charge in [-0.25, -0.2) is 0 Å². The van der Waals surface area contributed by atoms with Crippen molar-refractivity contribution in [2.45, 2.75) is 79.1 Å². The van der Waals surface area contributed by atoms with E-state index >= 15 is 0 Å². The van der Waals surface area contributed by atoms with Crippen LogP contribution in [-0.4, -0.2) is 28.6 Å². The minimum absolute atomic E-state index is 0.734. The number of allylic oxidation sites excluding steroid dienone is 1. The van der Waals surface area contributed by atoms with Gasteiger partial charge < -0.3 is 13.3 Å². The molecule has 0 atom stereocenters. The van der Waals surface area contributed by atoms with E-state index in [4.69, 9.17) is 13.3 Å². The van der Waals surface area contributed by atoms with Crippen LogP contribution in [0.25, 0.3) is 0 Å². The Bertz CT molecular complexity index is 218. The van der Waals surface area contributed by atoms with Gasteiger partial charge in [0.1, 0.15) is 0 Å². The smallest absolute Gasteiger partial charge is 0.370 e. The molecule has 0 aliphatic carbocycles. The van der Waals surface area contributed by atoms with Gasteiger partial charge in [0.2, 0.25) is 0 Å². The van der Waals surface area contributed by atoms with Crippen LogP contribution < -0.4 is 0 Å². The van der Waals surface area contributed by atoms with Gasteiger partial charge >= 0.3 is 8.80 Å². The van der Waals surface area contributed by atoms with Crippen LogP contribution in [-0.2, 0) is 13.3 Å². The van der Waals surface area contributed by atoms with Gasteiger partial charge in [0.25, 0.3) is 0 Å². The van der Waals surface area contributed by atoms with Crippen molar-refractivity contribution in [3.8, 4) is 0 Å². The number of hydrogen-bond acceptors (Lipinski definition) is 3. The van der Waals surface area contributed by atoms with Gasteiger partial charge in [0.05, 0.1) is 0 Å². The van der Waals surface area contributed by atoms with Crippen molar-refractivity contribution >= 4 is 8.80 Å². The second-order valence-electron chi connectivity index (χ2n) is 5.40. The highest BCUT2D eigenvalue weighted by molar-refractivity contribution is 6.66. The van der Waals surface area contributed by atoms with Gasteiger partial charge in [0, 0.05) is 19.8 Å². The van der Waals surface area contributed by atoms with E-state index in [9.17, 15) is 0 Å². The molecule has 0 saturated carbocycles. The summed E-state index contributed by atoms with van der Waals surface area (Å²) >= 11 is 0. The fraction of sp³-hybridized carbons (Fsp3) is 0.882. The van der Waals surface area contributed by atoms with Crippen molar-refractivity contribution < 1.29 is 13.3 Å². The van der Waals surface area contributed by atoms with Crippen molar-refractivity contribution in [2.75, 3.05) is 19.8 Å². The van der Waals surface area contributed by atoms with Crippen LogP contribution in [0, 0.1) is 0 Å². The molecule has 4 heteroatoms. The molecule has 0 N–H and O–H groups in total. The molecule has 0 saturated heterocycles. The van der Waals surface area contributed by atoms with E-state index < -0.39 is 8.80 Å². The molecule has 0 aromatic rings. The normalized spacial score (nSPS) is 12.4. The molecule has 0 heterocycles. The molecule has 0 bridgehead atoms. The molecule has 0 aliphatic rings. The predicted octanol–water partition coefficient (Wildman–Crippen LogP) is 5.27. The van der Waals surface area contributed by atoms with Crippen LogP contribution in [0.15, 0.2) is 11.8 Å². The number of rotatable bonds is 15. The fourth-order valence-corrected chi connectivity index (χ4v) is 4.02. The average molecular weight is 317 g/mol. The summed E-state index contributed by atoms with van der Waals surface area (Å²) in [4.78, 5) is 0. The summed E-state index contributed by atoms with van der Waals surface area (Å²) < 4.78 is 18.4. The Morgan fingerprint density at radius 3 is 1.43 bits per heavy atom. The number of hydrogen-bond donors (Lipinski definition) is 0. The average Bonchev–Trinajstić information content (AvgIpc) is 2.48. The maximum atomic E-state index is 6.12. The molecule has 0 aliphatic heterocycles. The Balaban J connectivity index is 4.69. The second kappa shape index (κ2) is 14.8. The molecule has 0 aromatic heterocycles. The molecular weight excluding hydrogens is 280 g/mol. The van der Waals surface area contributed by atoms with Crippen molar-refractivity contribution in [3.63, 3.8) is 0 Å². The van der Waals surface area contributed by atoms with Gasteiger partial charge in [-0.2, -0.15) is 0 Å². The van der Waals surface area contributed by atoms with Crippen LogP contribution in [0.2, 0.25) is 0 Å². The Kier molecular flexibility index (Phi) is 14.6. The Morgan fingerprint density at radius 2 is 1.10 bits per heavy atom. The van der Waals surface area contributed by atoms with Crippen LogP contribution in [0.3, 0.4) is 0 Å². The molecule has 3 nitrogen and oxygen atoms in total. The SMILES string of the molecule is CCC/C=C/[Si](OCCCC)(OCCCC)OCCCC.